The van der Waals surface area contributed by atoms with E-state index in [0.29, 0.717) is 5.92 Å². The van der Waals surface area contributed by atoms with Crippen LogP contribution in [-0.4, -0.2) is 10.7 Å². The van der Waals surface area contributed by atoms with Crippen molar-refractivity contribution in [3.63, 3.8) is 0 Å². The van der Waals surface area contributed by atoms with E-state index in [9.17, 15) is 5.11 Å². The van der Waals surface area contributed by atoms with Gasteiger partial charge in [-0.1, -0.05) is 37.1 Å². The van der Waals surface area contributed by atoms with Crippen LogP contribution < -0.4 is 0 Å². The lowest BCUT2D eigenvalue weighted by molar-refractivity contribution is -0.0282. The lowest BCUT2D eigenvalue weighted by Gasteiger charge is -2.38. The first-order chi connectivity index (χ1) is 7.78. The van der Waals surface area contributed by atoms with Gasteiger partial charge in [0.2, 0.25) is 0 Å². The van der Waals surface area contributed by atoms with Crippen LogP contribution in [0.4, 0.5) is 0 Å². The number of aryl methyl sites for hydroxylation is 1. The summed E-state index contributed by atoms with van der Waals surface area (Å²) in [5.74, 6) is 0.556. The molecule has 1 aromatic rings. The molecule has 1 heteroatoms. The van der Waals surface area contributed by atoms with Gasteiger partial charge in [0, 0.05) is 6.42 Å². The molecule has 0 heterocycles. The number of hydrogen-bond donors (Lipinski definition) is 1. The van der Waals surface area contributed by atoms with Gasteiger partial charge in [-0.15, -0.1) is 0 Å². The quantitative estimate of drug-likeness (QED) is 0.765. The van der Waals surface area contributed by atoms with E-state index in [2.05, 4.69) is 24.3 Å². The molecule has 1 nitrogen and oxygen atoms in total. The Morgan fingerprint density at radius 2 is 1.75 bits per heavy atom. The number of rotatable bonds is 1. The summed E-state index contributed by atoms with van der Waals surface area (Å²) in [5, 5.41) is 10.8. The molecular weight excluding hydrogens is 196 g/mol. The van der Waals surface area contributed by atoms with Gasteiger partial charge in [0.1, 0.15) is 0 Å². The highest BCUT2D eigenvalue weighted by atomic mass is 16.3. The Balaban J connectivity index is 1.85. The van der Waals surface area contributed by atoms with E-state index in [4.69, 9.17) is 0 Å². The maximum Gasteiger partial charge on any atom is 0.0719 e. The first-order valence-corrected chi connectivity index (χ1v) is 6.57. The minimum Gasteiger partial charge on any atom is -0.389 e. The Bertz CT molecular complexity index is 379. The zero-order valence-corrected chi connectivity index (χ0v) is 9.78. The first-order valence-electron chi connectivity index (χ1n) is 6.57. The van der Waals surface area contributed by atoms with Crippen LogP contribution in [-0.2, 0) is 12.8 Å². The second kappa shape index (κ2) is 3.89. The summed E-state index contributed by atoms with van der Waals surface area (Å²) in [6.45, 7) is 0. The maximum absolute atomic E-state index is 10.8. The molecule has 2 aliphatic carbocycles. The predicted molar refractivity (Wildman–Crippen MR) is 65.4 cm³/mol. The fourth-order valence-electron chi connectivity index (χ4n) is 3.55. The molecule has 0 saturated heterocycles. The third kappa shape index (κ3) is 1.67. The Labute approximate surface area is 97.5 Å². The highest BCUT2D eigenvalue weighted by molar-refractivity contribution is 5.31. The average Bonchev–Trinajstić information content (AvgIpc) is 2.83. The largest absolute Gasteiger partial charge is 0.389 e. The van der Waals surface area contributed by atoms with Crippen molar-refractivity contribution in [2.75, 3.05) is 0 Å². The molecule has 0 bridgehead atoms. The van der Waals surface area contributed by atoms with Crippen LogP contribution in [0.2, 0.25) is 0 Å². The molecule has 0 spiro atoms. The fourth-order valence-corrected chi connectivity index (χ4v) is 3.55. The summed E-state index contributed by atoms with van der Waals surface area (Å²) in [6.07, 6.45) is 8.01. The number of aliphatic hydroxyl groups is 1. The second-order valence-electron chi connectivity index (χ2n) is 5.53. The number of fused-ring (bicyclic) bond motifs is 1. The summed E-state index contributed by atoms with van der Waals surface area (Å²) >= 11 is 0. The highest BCUT2D eigenvalue weighted by Crippen LogP contribution is 2.41. The molecule has 1 N–H and O–H groups in total. The molecular formula is C15H20O. The minimum absolute atomic E-state index is 0.398. The van der Waals surface area contributed by atoms with Crippen LogP contribution in [0, 0.1) is 5.92 Å². The summed E-state index contributed by atoms with van der Waals surface area (Å²) < 4.78 is 0. The van der Waals surface area contributed by atoms with Crippen LogP contribution in [0.3, 0.4) is 0 Å². The average molecular weight is 216 g/mol. The van der Waals surface area contributed by atoms with Gasteiger partial charge in [-0.25, -0.2) is 0 Å². The lowest BCUT2D eigenvalue weighted by Crippen LogP contribution is -2.42. The normalized spacial score (nSPS) is 30.3. The Kier molecular flexibility index (Phi) is 2.51. The molecule has 2 aliphatic rings. The van der Waals surface area contributed by atoms with E-state index in [1.54, 1.807) is 0 Å². The SMILES string of the molecule is OC1(C2CCCC2)CCc2ccccc2C1. The highest BCUT2D eigenvalue weighted by Gasteiger charge is 2.40. The van der Waals surface area contributed by atoms with E-state index in [0.717, 1.165) is 19.3 Å². The Morgan fingerprint density at radius 3 is 2.50 bits per heavy atom. The standard InChI is InChI=1S/C15H20O/c16-15(14-7-3-4-8-14)10-9-12-5-1-2-6-13(12)11-15/h1-2,5-6,14,16H,3-4,7-11H2. The van der Waals surface area contributed by atoms with E-state index in [-0.39, 0.29) is 0 Å². The smallest absolute Gasteiger partial charge is 0.0719 e. The summed E-state index contributed by atoms with van der Waals surface area (Å²) in [5.41, 5.74) is 2.43. The van der Waals surface area contributed by atoms with E-state index < -0.39 is 5.60 Å². The van der Waals surface area contributed by atoms with Gasteiger partial charge in [-0.2, -0.15) is 0 Å². The van der Waals surface area contributed by atoms with Gasteiger partial charge in [0.15, 0.2) is 0 Å². The van der Waals surface area contributed by atoms with Crippen molar-refractivity contribution in [2.24, 2.45) is 5.92 Å². The lowest BCUT2D eigenvalue weighted by atomic mass is 9.72. The molecule has 3 rings (SSSR count). The molecule has 0 radical (unpaired) electrons. The summed E-state index contributed by atoms with van der Waals surface area (Å²) in [6, 6.07) is 8.61. The van der Waals surface area contributed by atoms with Crippen LogP contribution in [0.25, 0.3) is 0 Å². The predicted octanol–water partition coefficient (Wildman–Crippen LogP) is 3.10. The van der Waals surface area contributed by atoms with Gasteiger partial charge in [0.05, 0.1) is 5.60 Å². The van der Waals surface area contributed by atoms with E-state index in [1.165, 1.54) is 36.8 Å². The van der Waals surface area contributed by atoms with Crippen molar-refractivity contribution in [1.82, 2.24) is 0 Å². The molecule has 0 aromatic heterocycles. The van der Waals surface area contributed by atoms with Crippen molar-refractivity contribution < 1.29 is 5.11 Å². The van der Waals surface area contributed by atoms with Crippen molar-refractivity contribution in [3.05, 3.63) is 35.4 Å². The fraction of sp³-hybridized carbons (Fsp3) is 0.600. The van der Waals surface area contributed by atoms with Crippen LogP contribution in [0.1, 0.15) is 43.2 Å². The molecule has 0 aliphatic heterocycles. The second-order valence-corrected chi connectivity index (χ2v) is 5.53. The van der Waals surface area contributed by atoms with Gasteiger partial charge < -0.3 is 5.11 Å². The maximum atomic E-state index is 10.8. The van der Waals surface area contributed by atoms with E-state index >= 15 is 0 Å². The molecule has 1 aromatic carbocycles. The van der Waals surface area contributed by atoms with Gasteiger partial charge in [-0.3, -0.25) is 0 Å². The zero-order valence-electron chi connectivity index (χ0n) is 9.78. The molecule has 0 amide bonds. The first kappa shape index (κ1) is 10.3. The molecule has 1 atom stereocenters. The molecule has 1 fully saturated rings. The van der Waals surface area contributed by atoms with E-state index in [1.807, 2.05) is 0 Å². The molecule has 16 heavy (non-hydrogen) atoms. The van der Waals surface area contributed by atoms with Crippen LogP contribution >= 0.6 is 0 Å². The van der Waals surface area contributed by atoms with Crippen molar-refractivity contribution in [2.45, 2.75) is 50.5 Å². The van der Waals surface area contributed by atoms with Gasteiger partial charge in [0.25, 0.3) is 0 Å². The van der Waals surface area contributed by atoms with Crippen molar-refractivity contribution >= 4 is 0 Å². The third-order valence-corrected chi connectivity index (χ3v) is 4.56. The van der Waals surface area contributed by atoms with Gasteiger partial charge >= 0.3 is 0 Å². The monoisotopic (exact) mass is 216 g/mol. The summed E-state index contributed by atoms with van der Waals surface area (Å²) in [4.78, 5) is 0. The third-order valence-electron chi connectivity index (χ3n) is 4.56. The Hall–Kier alpha value is -0.820. The zero-order chi connectivity index (χ0) is 11.0. The van der Waals surface area contributed by atoms with Crippen LogP contribution in [0.15, 0.2) is 24.3 Å². The Morgan fingerprint density at radius 1 is 1.06 bits per heavy atom. The number of hydrogen-bond acceptors (Lipinski definition) is 1. The minimum atomic E-state index is -0.398. The molecule has 1 saturated carbocycles. The van der Waals surface area contributed by atoms with Crippen molar-refractivity contribution in [1.29, 1.82) is 0 Å². The topological polar surface area (TPSA) is 20.2 Å². The molecule has 1 unspecified atom stereocenters. The molecule has 86 valence electrons. The van der Waals surface area contributed by atoms with Gasteiger partial charge in [-0.05, 0) is 42.7 Å². The van der Waals surface area contributed by atoms with Crippen molar-refractivity contribution in [3.8, 4) is 0 Å². The van der Waals surface area contributed by atoms with Crippen LogP contribution in [0.5, 0.6) is 0 Å². The summed E-state index contributed by atoms with van der Waals surface area (Å²) in [7, 11) is 0. The number of benzene rings is 1.